The van der Waals surface area contributed by atoms with Crippen LogP contribution in [-0.4, -0.2) is 8.42 Å². The van der Waals surface area contributed by atoms with Crippen molar-refractivity contribution >= 4 is 43.2 Å². The van der Waals surface area contributed by atoms with Crippen LogP contribution >= 0.6 is 27.5 Å². The summed E-state index contributed by atoms with van der Waals surface area (Å²) in [5, 5.41) is 0.534. The molecule has 20 heavy (non-hydrogen) atoms. The van der Waals surface area contributed by atoms with Crippen molar-refractivity contribution in [1.29, 1.82) is 0 Å². The zero-order chi connectivity index (χ0) is 14.9. The van der Waals surface area contributed by atoms with Crippen LogP contribution in [0.3, 0.4) is 0 Å². The molecule has 0 atom stereocenters. The van der Waals surface area contributed by atoms with Gasteiger partial charge in [0.05, 0.1) is 10.6 Å². The summed E-state index contributed by atoms with van der Waals surface area (Å²) >= 11 is 9.14. The fourth-order valence-electron chi connectivity index (χ4n) is 1.77. The molecule has 2 aromatic rings. The molecule has 2 rings (SSSR count). The van der Waals surface area contributed by atoms with E-state index in [9.17, 15) is 8.42 Å². The van der Waals surface area contributed by atoms with E-state index in [2.05, 4.69) is 20.7 Å². The Labute approximate surface area is 132 Å². The molecule has 106 valence electrons. The molecular formula is C14H13BrClNO2S. The monoisotopic (exact) mass is 373 g/mol. The van der Waals surface area contributed by atoms with Gasteiger partial charge in [-0.2, -0.15) is 0 Å². The summed E-state index contributed by atoms with van der Waals surface area (Å²) < 4.78 is 28.1. The Morgan fingerprint density at radius 3 is 2.45 bits per heavy atom. The average Bonchev–Trinajstić information content (AvgIpc) is 2.35. The molecule has 0 aliphatic rings. The predicted octanol–water partition coefficient (Wildman–Crippen LogP) is 4.52. The number of nitrogens with one attached hydrogen (secondary N) is 1. The van der Waals surface area contributed by atoms with Crippen molar-refractivity contribution in [3.05, 3.63) is 57.0 Å². The summed E-state index contributed by atoms with van der Waals surface area (Å²) in [6, 6.07) is 10.2. The quantitative estimate of drug-likeness (QED) is 0.858. The van der Waals surface area contributed by atoms with Gasteiger partial charge in [-0.1, -0.05) is 23.7 Å². The number of anilines is 1. The molecule has 2 aromatic carbocycles. The van der Waals surface area contributed by atoms with E-state index in [1.165, 1.54) is 0 Å². The topological polar surface area (TPSA) is 46.2 Å². The second-order valence-electron chi connectivity index (χ2n) is 4.50. The number of halogens is 2. The lowest BCUT2D eigenvalue weighted by atomic mass is 10.2. The highest BCUT2D eigenvalue weighted by Crippen LogP contribution is 2.28. The van der Waals surface area contributed by atoms with Crippen molar-refractivity contribution in [2.45, 2.75) is 18.7 Å². The summed E-state index contributed by atoms with van der Waals surface area (Å²) in [7, 11) is -3.62. The van der Waals surface area contributed by atoms with Crippen LogP contribution in [0.1, 0.15) is 11.1 Å². The van der Waals surface area contributed by atoms with Gasteiger partial charge in [0.25, 0.3) is 10.0 Å². The molecule has 0 fully saturated rings. The highest BCUT2D eigenvalue weighted by Gasteiger charge is 2.18. The second-order valence-corrected chi connectivity index (χ2v) is 7.44. The fraction of sp³-hybridized carbons (Fsp3) is 0.143. The first-order chi connectivity index (χ1) is 9.29. The van der Waals surface area contributed by atoms with Crippen molar-refractivity contribution in [2.24, 2.45) is 0 Å². The van der Waals surface area contributed by atoms with Gasteiger partial charge in [-0.05, 0) is 65.2 Å². The molecule has 1 N–H and O–H groups in total. The summed E-state index contributed by atoms with van der Waals surface area (Å²) in [5.41, 5.74) is 2.05. The van der Waals surface area contributed by atoms with Gasteiger partial charge in [0.1, 0.15) is 0 Å². The van der Waals surface area contributed by atoms with Gasteiger partial charge in [0, 0.05) is 9.50 Å². The van der Waals surface area contributed by atoms with Gasteiger partial charge in [0.2, 0.25) is 0 Å². The van der Waals surface area contributed by atoms with Crippen LogP contribution in [-0.2, 0) is 10.0 Å². The molecule has 0 spiro atoms. The van der Waals surface area contributed by atoms with Gasteiger partial charge in [-0.25, -0.2) is 8.42 Å². The van der Waals surface area contributed by atoms with Crippen LogP contribution in [0.4, 0.5) is 5.69 Å². The van der Waals surface area contributed by atoms with Gasteiger partial charge in [0.15, 0.2) is 0 Å². The molecule has 0 radical (unpaired) electrons. The summed E-state index contributed by atoms with van der Waals surface area (Å²) in [5.74, 6) is 0. The van der Waals surface area contributed by atoms with Gasteiger partial charge in [-0.15, -0.1) is 0 Å². The van der Waals surface area contributed by atoms with E-state index in [0.717, 1.165) is 5.56 Å². The maximum absolute atomic E-state index is 12.4. The minimum absolute atomic E-state index is 0.277. The lowest BCUT2D eigenvalue weighted by molar-refractivity contribution is 0.600. The molecule has 0 bridgehead atoms. The van der Waals surface area contributed by atoms with E-state index in [-0.39, 0.29) is 4.90 Å². The van der Waals surface area contributed by atoms with Crippen molar-refractivity contribution < 1.29 is 8.42 Å². The van der Waals surface area contributed by atoms with Crippen LogP contribution in [0.25, 0.3) is 0 Å². The van der Waals surface area contributed by atoms with Crippen molar-refractivity contribution in [1.82, 2.24) is 0 Å². The Balaban J connectivity index is 2.43. The Morgan fingerprint density at radius 2 is 1.80 bits per heavy atom. The molecule has 0 saturated carbocycles. The molecule has 0 aromatic heterocycles. The molecule has 6 heteroatoms. The van der Waals surface area contributed by atoms with Crippen molar-refractivity contribution in [2.75, 3.05) is 4.72 Å². The van der Waals surface area contributed by atoms with E-state index in [1.807, 2.05) is 13.0 Å². The highest BCUT2D eigenvalue weighted by atomic mass is 79.9. The molecule has 0 saturated heterocycles. The van der Waals surface area contributed by atoms with Crippen LogP contribution in [0.2, 0.25) is 5.02 Å². The Kier molecular flexibility index (Phi) is 4.42. The van der Waals surface area contributed by atoms with Gasteiger partial charge in [-0.3, -0.25) is 4.72 Å². The molecule has 0 amide bonds. The first-order valence-corrected chi connectivity index (χ1v) is 8.50. The minimum atomic E-state index is -3.62. The normalized spacial score (nSPS) is 11.4. The summed E-state index contributed by atoms with van der Waals surface area (Å²) in [6.45, 7) is 3.63. The first-order valence-electron chi connectivity index (χ1n) is 5.85. The molecule has 0 heterocycles. The van der Waals surface area contributed by atoms with E-state index >= 15 is 0 Å². The summed E-state index contributed by atoms with van der Waals surface area (Å²) in [6.07, 6.45) is 0. The van der Waals surface area contributed by atoms with Gasteiger partial charge >= 0.3 is 0 Å². The molecular weight excluding hydrogens is 362 g/mol. The van der Waals surface area contributed by atoms with Crippen LogP contribution in [0.5, 0.6) is 0 Å². The minimum Gasteiger partial charge on any atom is -0.278 e. The smallest absolute Gasteiger partial charge is 0.262 e. The molecule has 0 aliphatic carbocycles. The number of sulfonamides is 1. The largest absolute Gasteiger partial charge is 0.278 e. The second kappa shape index (κ2) is 5.76. The average molecular weight is 375 g/mol. The fourth-order valence-corrected chi connectivity index (χ4v) is 4.09. The number of aryl methyl sites for hydroxylation is 2. The third-order valence-corrected chi connectivity index (χ3v) is 5.21. The summed E-state index contributed by atoms with van der Waals surface area (Å²) in [4.78, 5) is 0.277. The predicted molar refractivity (Wildman–Crippen MR) is 85.9 cm³/mol. The SMILES string of the molecule is Cc1ccc(C)c(S(=O)(=O)Nc2ccc(Cl)cc2Br)c1. The van der Waals surface area contributed by atoms with Crippen molar-refractivity contribution in [3.8, 4) is 0 Å². The zero-order valence-corrected chi connectivity index (χ0v) is 14.1. The number of hydrogen-bond acceptors (Lipinski definition) is 2. The lowest BCUT2D eigenvalue weighted by Crippen LogP contribution is -2.14. The Hall–Kier alpha value is -1.04. The van der Waals surface area contributed by atoms with E-state index in [0.29, 0.717) is 20.7 Å². The van der Waals surface area contributed by atoms with Crippen LogP contribution in [0.15, 0.2) is 45.8 Å². The van der Waals surface area contributed by atoms with E-state index in [1.54, 1.807) is 37.3 Å². The Morgan fingerprint density at radius 1 is 1.10 bits per heavy atom. The van der Waals surface area contributed by atoms with Gasteiger partial charge < -0.3 is 0 Å². The molecule has 0 unspecified atom stereocenters. The van der Waals surface area contributed by atoms with Crippen LogP contribution in [0, 0.1) is 13.8 Å². The number of benzene rings is 2. The third kappa shape index (κ3) is 3.34. The zero-order valence-electron chi connectivity index (χ0n) is 10.9. The number of rotatable bonds is 3. The molecule has 3 nitrogen and oxygen atoms in total. The first kappa shape index (κ1) is 15.4. The van der Waals surface area contributed by atoms with E-state index < -0.39 is 10.0 Å². The van der Waals surface area contributed by atoms with Crippen molar-refractivity contribution in [3.63, 3.8) is 0 Å². The molecule has 0 aliphatic heterocycles. The lowest BCUT2D eigenvalue weighted by Gasteiger charge is -2.12. The van der Waals surface area contributed by atoms with E-state index in [4.69, 9.17) is 11.6 Å². The van der Waals surface area contributed by atoms with Crippen LogP contribution < -0.4 is 4.72 Å². The maximum atomic E-state index is 12.4. The highest BCUT2D eigenvalue weighted by molar-refractivity contribution is 9.10. The maximum Gasteiger partial charge on any atom is 0.262 e. The number of hydrogen-bond donors (Lipinski definition) is 1. The third-order valence-electron chi connectivity index (χ3n) is 2.81. The standard InChI is InChI=1S/C14H13BrClNO2S/c1-9-3-4-10(2)14(7-9)20(18,19)17-13-6-5-11(16)8-12(13)15/h3-8,17H,1-2H3. The Bertz CT molecular complexity index is 760.